The molecule has 0 amide bonds. The van der Waals surface area contributed by atoms with E-state index in [1.54, 1.807) is 19.3 Å². The van der Waals surface area contributed by atoms with Crippen LogP contribution in [0, 0.1) is 0 Å². The zero-order chi connectivity index (χ0) is 19.7. The molecule has 0 bridgehead atoms. The summed E-state index contributed by atoms with van der Waals surface area (Å²) < 4.78 is 43.4. The van der Waals surface area contributed by atoms with E-state index in [1.807, 2.05) is 6.07 Å². The molecule has 0 radical (unpaired) electrons. The molecule has 2 N–H and O–H groups in total. The molecule has 2 rings (SSSR count). The maximum Gasteiger partial charge on any atom is 0.416 e. The summed E-state index contributed by atoms with van der Waals surface area (Å²) in [4.78, 5) is 8.09. The fraction of sp³-hybridized carbons (Fsp3) is 0.333. The van der Waals surface area contributed by atoms with Gasteiger partial charge in [0.1, 0.15) is 17.5 Å². The number of alkyl halides is 3. The van der Waals surface area contributed by atoms with Crippen molar-refractivity contribution < 1.29 is 17.9 Å². The van der Waals surface area contributed by atoms with Crippen LogP contribution in [0.25, 0.3) is 0 Å². The molecule has 10 heteroatoms. The second kappa shape index (κ2) is 11.9. The van der Waals surface area contributed by atoms with Gasteiger partial charge in [-0.3, -0.25) is 4.99 Å². The summed E-state index contributed by atoms with van der Waals surface area (Å²) in [7, 11) is 1.63. The highest BCUT2D eigenvalue weighted by Crippen LogP contribution is 2.31. The smallest absolute Gasteiger partial charge is 0.416 e. The maximum atomic E-state index is 12.7. The largest absolute Gasteiger partial charge is 0.492 e. The van der Waals surface area contributed by atoms with Crippen LogP contribution in [0.2, 0.25) is 5.15 Å². The van der Waals surface area contributed by atoms with Crippen molar-refractivity contribution in [2.45, 2.75) is 12.6 Å². The van der Waals surface area contributed by atoms with E-state index in [0.29, 0.717) is 24.2 Å². The summed E-state index contributed by atoms with van der Waals surface area (Å²) in [5.41, 5.74) is 0.303. The maximum absolute atomic E-state index is 12.7. The van der Waals surface area contributed by atoms with Gasteiger partial charge in [-0.2, -0.15) is 13.2 Å². The summed E-state index contributed by atoms with van der Waals surface area (Å²) in [5.74, 6) is 0.745. The molecule has 0 fully saturated rings. The third-order valence-corrected chi connectivity index (χ3v) is 3.77. The molecule has 28 heavy (non-hydrogen) atoms. The minimum Gasteiger partial charge on any atom is -0.492 e. The first-order valence-electron chi connectivity index (χ1n) is 8.23. The number of nitrogens with zero attached hydrogens (tertiary/aromatic N) is 2. The lowest BCUT2D eigenvalue weighted by Gasteiger charge is -2.13. The molecule has 0 atom stereocenters. The first kappa shape index (κ1) is 24.3. The average molecular weight is 529 g/mol. The van der Waals surface area contributed by atoms with E-state index < -0.39 is 11.7 Å². The Morgan fingerprint density at radius 3 is 2.57 bits per heavy atom. The molecule has 0 spiro atoms. The van der Waals surface area contributed by atoms with Gasteiger partial charge in [0.15, 0.2) is 5.96 Å². The average Bonchev–Trinajstić information content (AvgIpc) is 2.65. The van der Waals surface area contributed by atoms with Crippen LogP contribution in [0.5, 0.6) is 5.75 Å². The molecule has 2 aromatic rings. The van der Waals surface area contributed by atoms with Crippen molar-refractivity contribution in [1.29, 1.82) is 0 Å². The fourth-order valence-corrected chi connectivity index (χ4v) is 2.31. The molecule has 0 aliphatic rings. The van der Waals surface area contributed by atoms with Crippen LogP contribution in [0.4, 0.5) is 13.2 Å². The third-order valence-electron chi connectivity index (χ3n) is 3.54. The number of hydrogen-bond donors (Lipinski definition) is 2. The van der Waals surface area contributed by atoms with Crippen molar-refractivity contribution >= 4 is 41.5 Å². The first-order valence-corrected chi connectivity index (χ1v) is 8.61. The number of benzene rings is 1. The Morgan fingerprint density at radius 2 is 1.93 bits per heavy atom. The highest BCUT2D eigenvalue weighted by atomic mass is 127. The normalized spacial score (nSPS) is 11.5. The number of halogens is 5. The lowest BCUT2D eigenvalue weighted by Crippen LogP contribution is -2.40. The summed E-state index contributed by atoms with van der Waals surface area (Å²) in [6.45, 7) is 1.22. The number of aromatic nitrogens is 1. The molecule has 0 unspecified atom stereocenters. The molecule has 5 nitrogen and oxygen atoms in total. The van der Waals surface area contributed by atoms with Gasteiger partial charge in [-0.15, -0.1) is 24.0 Å². The van der Waals surface area contributed by atoms with Gasteiger partial charge >= 0.3 is 6.18 Å². The predicted octanol–water partition coefficient (Wildman–Crippen LogP) is 4.16. The second-order valence-electron chi connectivity index (χ2n) is 5.54. The van der Waals surface area contributed by atoms with E-state index in [-0.39, 0.29) is 36.3 Å². The van der Waals surface area contributed by atoms with Crippen LogP contribution in [0.15, 0.2) is 47.6 Å². The van der Waals surface area contributed by atoms with Crippen molar-refractivity contribution in [3.05, 3.63) is 58.9 Å². The van der Waals surface area contributed by atoms with E-state index in [4.69, 9.17) is 16.3 Å². The lowest BCUT2D eigenvalue weighted by atomic mass is 10.2. The Morgan fingerprint density at radius 1 is 1.18 bits per heavy atom. The molecular weight excluding hydrogens is 508 g/mol. The van der Waals surface area contributed by atoms with Gasteiger partial charge in [-0.1, -0.05) is 23.7 Å². The highest BCUT2D eigenvalue weighted by Gasteiger charge is 2.30. The minimum absolute atomic E-state index is 0. The Labute approximate surface area is 183 Å². The number of ether oxygens (including phenoxy) is 1. The molecule has 0 saturated carbocycles. The van der Waals surface area contributed by atoms with Gasteiger partial charge in [0, 0.05) is 19.8 Å². The lowest BCUT2D eigenvalue weighted by molar-refractivity contribution is -0.137. The van der Waals surface area contributed by atoms with E-state index in [1.165, 1.54) is 12.1 Å². The van der Waals surface area contributed by atoms with E-state index in [2.05, 4.69) is 20.6 Å². The fourth-order valence-electron chi connectivity index (χ4n) is 2.20. The number of nitrogens with one attached hydrogen (secondary N) is 2. The third kappa shape index (κ3) is 8.51. The number of guanidine groups is 1. The quantitative estimate of drug-likeness (QED) is 0.186. The van der Waals surface area contributed by atoms with Gasteiger partial charge < -0.3 is 15.4 Å². The van der Waals surface area contributed by atoms with Crippen LogP contribution in [0.3, 0.4) is 0 Å². The van der Waals surface area contributed by atoms with Gasteiger partial charge in [-0.25, -0.2) is 4.98 Å². The molecule has 154 valence electrons. The molecule has 1 aromatic heterocycles. The molecule has 1 heterocycles. The zero-order valence-electron chi connectivity index (χ0n) is 15.1. The van der Waals surface area contributed by atoms with Crippen LogP contribution in [0.1, 0.15) is 11.1 Å². The summed E-state index contributed by atoms with van der Waals surface area (Å²) in [6.07, 6.45) is -1.93. The van der Waals surface area contributed by atoms with E-state index >= 15 is 0 Å². The SMILES string of the molecule is CN=C(NCCOc1cccc(C(F)(F)F)c1)NCCc1ccc(Cl)nc1.I. The van der Waals surface area contributed by atoms with Gasteiger partial charge in [0.05, 0.1) is 12.1 Å². The van der Waals surface area contributed by atoms with Gasteiger partial charge in [-0.05, 0) is 36.2 Å². The predicted molar refractivity (Wildman–Crippen MR) is 115 cm³/mol. The topological polar surface area (TPSA) is 58.5 Å². The molecule has 0 aliphatic heterocycles. The first-order chi connectivity index (χ1) is 12.9. The van der Waals surface area contributed by atoms with Crippen molar-refractivity contribution in [1.82, 2.24) is 15.6 Å². The minimum atomic E-state index is -4.39. The van der Waals surface area contributed by atoms with Crippen LogP contribution < -0.4 is 15.4 Å². The Balaban J connectivity index is 0.00000392. The standard InChI is InChI=1S/C18H20ClF3N4O.HI/c1-23-17(24-8-7-13-5-6-16(19)26-12-13)25-9-10-27-15-4-2-3-14(11-15)18(20,21)22;/h2-6,11-12H,7-10H2,1H3,(H2,23,24,25);1H. The van der Waals surface area contributed by atoms with Crippen LogP contribution >= 0.6 is 35.6 Å². The zero-order valence-corrected chi connectivity index (χ0v) is 18.2. The summed E-state index contributed by atoms with van der Waals surface area (Å²) >= 11 is 5.74. The van der Waals surface area contributed by atoms with E-state index in [0.717, 1.165) is 24.1 Å². The summed E-state index contributed by atoms with van der Waals surface area (Å²) in [6, 6.07) is 8.42. The summed E-state index contributed by atoms with van der Waals surface area (Å²) in [5, 5.41) is 6.62. The van der Waals surface area contributed by atoms with Crippen molar-refractivity contribution in [2.24, 2.45) is 4.99 Å². The molecular formula is C18H21ClF3IN4O. The molecule has 0 aliphatic carbocycles. The van der Waals surface area contributed by atoms with Crippen molar-refractivity contribution in [3.8, 4) is 5.75 Å². The van der Waals surface area contributed by atoms with Gasteiger partial charge in [0.25, 0.3) is 0 Å². The number of hydrogen-bond acceptors (Lipinski definition) is 3. The Bertz CT molecular complexity index is 757. The number of rotatable bonds is 7. The Hall–Kier alpha value is -1.75. The van der Waals surface area contributed by atoms with Crippen LogP contribution in [-0.4, -0.2) is 37.7 Å². The Kier molecular flexibility index (Phi) is 10.4. The van der Waals surface area contributed by atoms with Crippen LogP contribution in [-0.2, 0) is 12.6 Å². The second-order valence-corrected chi connectivity index (χ2v) is 5.93. The number of pyridine rings is 1. The number of aliphatic imine (C=N–C) groups is 1. The van der Waals surface area contributed by atoms with Gasteiger partial charge in [0.2, 0.25) is 0 Å². The highest BCUT2D eigenvalue weighted by molar-refractivity contribution is 14.0. The molecule has 0 saturated heterocycles. The molecule has 1 aromatic carbocycles. The monoisotopic (exact) mass is 528 g/mol. The van der Waals surface area contributed by atoms with E-state index in [9.17, 15) is 13.2 Å². The van der Waals surface area contributed by atoms with Crippen molar-refractivity contribution in [3.63, 3.8) is 0 Å². The van der Waals surface area contributed by atoms with Crippen molar-refractivity contribution in [2.75, 3.05) is 26.7 Å².